The van der Waals surface area contributed by atoms with Gasteiger partial charge in [0.05, 0.1) is 0 Å². The Hall–Kier alpha value is -1.26. The van der Waals surface area contributed by atoms with E-state index in [1.807, 2.05) is 14.1 Å². The lowest BCUT2D eigenvalue weighted by Crippen LogP contribution is -2.24. The fraction of sp³-hybridized carbons (Fsp3) is 0.750. The van der Waals surface area contributed by atoms with E-state index in [4.69, 9.17) is 0 Å². The van der Waals surface area contributed by atoms with Gasteiger partial charge in [0.15, 0.2) is 0 Å². The average Bonchev–Trinajstić information content (AvgIpc) is 2.62. The zero-order valence-corrected chi connectivity index (χ0v) is 19.4. The SMILES string of the molecule is CNC(C)CCCC(C)(C)c1cc(O)c(C(C)(C)CCCC(C)NC)cc1O. The van der Waals surface area contributed by atoms with Crippen molar-refractivity contribution in [1.29, 1.82) is 0 Å². The molecule has 1 aromatic rings. The molecule has 4 nitrogen and oxygen atoms in total. The summed E-state index contributed by atoms with van der Waals surface area (Å²) in [7, 11) is 3.97. The fourth-order valence-corrected chi connectivity index (χ4v) is 3.92. The van der Waals surface area contributed by atoms with Crippen LogP contribution in [0.1, 0.15) is 91.2 Å². The van der Waals surface area contributed by atoms with Crippen LogP contribution in [0, 0.1) is 0 Å². The number of hydrogen-bond donors (Lipinski definition) is 4. The molecule has 4 N–H and O–H groups in total. The third-order valence-electron chi connectivity index (χ3n) is 6.44. The van der Waals surface area contributed by atoms with E-state index >= 15 is 0 Å². The molecule has 0 aliphatic carbocycles. The van der Waals surface area contributed by atoms with Crippen LogP contribution in [0.25, 0.3) is 0 Å². The largest absolute Gasteiger partial charge is 0.508 e. The van der Waals surface area contributed by atoms with Crippen molar-refractivity contribution in [2.75, 3.05) is 14.1 Å². The highest BCUT2D eigenvalue weighted by molar-refractivity contribution is 5.50. The minimum atomic E-state index is -0.181. The standard InChI is InChI=1S/C24H44N2O2/c1-17(25-7)11-9-13-23(3,4)19-15-22(28)20(16-21(19)27)24(5,6)14-10-12-18(2)26-8/h15-18,25-28H,9-14H2,1-8H3. The molecule has 1 rings (SSSR count). The Morgan fingerprint density at radius 2 is 1.07 bits per heavy atom. The minimum absolute atomic E-state index is 0.181. The van der Waals surface area contributed by atoms with Crippen LogP contribution < -0.4 is 10.6 Å². The van der Waals surface area contributed by atoms with Gasteiger partial charge in [0.1, 0.15) is 11.5 Å². The Balaban J connectivity index is 2.93. The number of phenolic OH excluding ortho intramolecular Hbond substituents is 2. The molecule has 0 amide bonds. The molecule has 0 saturated heterocycles. The molecule has 4 heteroatoms. The zero-order chi connectivity index (χ0) is 21.5. The summed E-state index contributed by atoms with van der Waals surface area (Å²) in [5.41, 5.74) is 1.32. The normalized spacial score (nSPS) is 14.9. The third-order valence-corrected chi connectivity index (χ3v) is 6.44. The highest BCUT2D eigenvalue weighted by atomic mass is 16.3. The molecule has 0 aliphatic rings. The molecule has 0 bridgehead atoms. The molecule has 28 heavy (non-hydrogen) atoms. The summed E-state index contributed by atoms with van der Waals surface area (Å²) < 4.78 is 0. The first-order chi connectivity index (χ1) is 12.9. The lowest BCUT2D eigenvalue weighted by atomic mass is 9.75. The molecule has 0 heterocycles. The quantitative estimate of drug-likeness (QED) is 0.369. The maximum absolute atomic E-state index is 10.8. The first-order valence-corrected chi connectivity index (χ1v) is 10.9. The number of aromatic hydroxyl groups is 2. The molecule has 0 fully saturated rings. The van der Waals surface area contributed by atoms with Gasteiger partial charge in [0.25, 0.3) is 0 Å². The van der Waals surface area contributed by atoms with E-state index in [-0.39, 0.29) is 10.8 Å². The zero-order valence-electron chi connectivity index (χ0n) is 19.4. The molecule has 0 aromatic heterocycles. The number of hydrogen-bond acceptors (Lipinski definition) is 4. The van der Waals surface area contributed by atoms with Crippen LogP contribution in [0.3, 0.4) is 0 Å². The summed E-state index contributed by atoms with van der Waals surface area (Å²) in [6, 6.07) is 4.58. The van der Waals surface area contributed by atoms with E-state index in [0.717, 1.165) is 49.7 Å². The molecule has 2 unspecified atom stereocenters. The third kappa shape index (κ3) is 6.97. The van der Waals surface area contributed by atoms with Crippen molar-refractivity contribution in [2.24, 2.45) is 0 Å². The lowest BCUT2D eigenvalue weighted by molar-refractivity contribution is 0.375. The van der Waals surface area contributed by atoms with E-state index in [9.17, 15) is 10.2 Å². The van der Waals surface area contributed by atoms with Gasteiger partial charge in [-0.05, 0) is 76.6 Å². The maximum Gasteiger partial charge on any atom is 0.119 e. The van der Waals surface area contributed by atoms with E-state index in [1.54, 1.807) is 12.1 Å². The van der Waals surface area contributed by atoms with Crippen LogP contribution in [-0.4, -0.2) is 36.4 Å². The fourth-order valence-electron chi connectivity index (χ4n) is 3.92. The van der Waals surface area contributed by atoms with Crippen LogP contribution in [0.2, 0.25) is 0 Å². The topological polar surface area (TPSA) is 64.5 Å². The van der Waals surface area contributed by atoms with Crippen molar-refractivity contribution < 1.29 is 10.2 Å². The first-order valence-electron chi connectivity index (χ1n) is 10.9. The van der Waals surface area contributed by atoms with E-state index < -0.39 is 0 Å². The smallest absolute Gasteiger partial charge is 0.119 e. The highest BCUT2D eigenvalue weighted by Gasteiger charge is 2.29. The van der Waals surface area contributed by atoms with Crippen molar-refractivity contribution >= 4 is 0 Å². The minimum Gasteiger partial charge on any atom is -0.508 e. The second-order valence-electron chi connectivity index (χ2n) is 9.82. The second kappa shape index (κ2) is 10.5. The summed E-state index contributed by atoms with van der Waals surface area (Å²) >= 11 is 0. The van der Waals surface area contributed by atoms with E-state index in [2.05, 4.69) is 52.2 Å². The van der Waals surface area contributed by atoms with Gasteiger partial charge >= 0.3 is 0 Å². The van der Waals surface area contributed by atoms with Crippen molar-refractivity contribution in [1.82, 2.24) is 10.6 Å². The Kier molecular flexibility index (Phi) is 9.29. The summed E-state index contributed by atoms with van der Waals surface area (Å²) in [5, 5.41) is 28.1. The summed E-state index contributed by atoms with van der Waals surface area (Å²) in [6.07, 6.45) is 6.29. The molecule has 1 aromatic carbocycles. The van der Waals surface area contributed by atoms with Crippen LogP contribution >= 0.6 is 0 Å². The van der Waals surface area contributed by atoms with Crippen LogP contribution in [-0.2, 0) is 10.8 Å². The molecule has 162 valence electrons. The Bertz CT molecular complexity index is 557. The highest BCUT2D eigenvalue weighted by Crippen LogP contribution is 2.43. The number of rotatable bonds is 12. The van der Waals surface area contributed by atoms with Gasteiger partial charge in [0.2, 0.25) is 0 Å². The summed E-state index contributed by atoms with van der Waals surface area (Å²) in [4.78, 5) is 0. The van der Waals surface area contributed by atoms with Crippen molar-refractivity contribution in [3.05, 3.63) is 23.3 Å². The Labute approximate surface area is 173 Å². The van der Waals surface area contributed by atoms with Gasteiger partial charge in [-0.3, -0.25) is 0 Å². The molecule has 0 aliphatic heterocycles. The van der Waals surface area contributed by atoms with Crippen LogP contribution in [0.4, 0.5) is 0 Å². The summed E-state index contributed by atoms with van der Waals surface area (Å²) in [6.45, 7) is 13.0. The Morgan fingerprint density at radius 3 is 1.36 bits per heavy atom. The maximum atomic E-state index is 10.8. The summed E-state index contributed by atoms with van der Waals surface area (Å²) in [5.74, 6) is 0.604. The molecule has 0 radical (unpaired) electrons. The lowest BCUT2D eigenvalue weighted by Gasteiger charge is -2.31. The molecule has 0 spiro atoms. The molecule has 0 saturated carbocycles. The van der Waals surface area contributed by atoms with Crippen molar-refractivity contribution in [3.8, 4) is 11.5 Å². The van der Waals surface area contributed by atoms with Gasteiger partial charge in [-0.25, -0.2) is 0 Å². The Morgan fingerprint density at radius 1 is 0.750 bits per heavy atom. The monoisotopic (exact) mass is 392 g/mol. The predicted molar refractivity (Wildman–Crippen MR) is 121 cm³/mol. The van der Waals surface area contributed by atoms with Crippen LogP contribution in [0.5, 0.6) is 11.5 Å². The molecule has 2 atom stereocenters. The molecular formula is C24H44N2O2. The average molecular weight is 393 g/mol. The first kappa shape index (κ1) is 24.8. The van der Waals surface area contributed by atoms with Gasteiger partial charge in [-0.1, -0.05) is 40.5 Å². The second-order valence-corrected chi connectivity index (χ2v) is 9.82. The predicted octanol–water partition coefficient (Wildman–Crippen LogP) is 5.21. The number of phenols is 2. The van der Waals surface area contributed by atoms with Crippen molar-refractivity contribution in [2.45, 2.75) is 103 Å². The molecular weight excluding hydrogens is 348 g/mol. The number of nitrogens with one attached hydrogen (secondary N) is 2. The van der Waals surface area contributed by atoms with Gasteiger partial charge in [-0.15, -0.1) is 0 Å². The van der Waals surface area contributed by atoms with E-state index in [0.29, 0.717) is 23.6 Å². The van der Waals surface area contributed by atoms with Gasteiger partial charge < -0.3 is 20.8 Å². The van der Waals surface area contributed by atoms with E-state index in [1.165, 1.54) is 0 Å². The van der Waals surface area contributed by atoms with Gasteiger partial charge in [0, 0.05) is 23.2 Å². The van der Waals surface area contributed by atoms with Crippen LogP contribution in [0.15, 0.2) is 12.1 Å². The van der Waals surface area contributed by atoms with Crippen molar-refractivity contribution in [3.63, 3.8) is 0 Å². The number of benzene rings is 1. The van der Waals surface area contributed by atoms with Gasteiger partial charge in [-0.2, -0.15) is 0 Å².